The number of halogens is 4. The van der Waals surface area contributed by atoms with Gasteiger partial charge in [0.15, 0.2) is 5.96 Å². The fraction of sp³-hybridized carbons (Fsp3) is 0.632. The zero-order valence-electron chi connectivity index (χ0n) is 17.9. The molecule has 31 heavy (non-hydrogen) atoms. The SMILES string of the molecule is CN=C(NCC(C)N(C)Cc1ccccc1)NC1CCN(S(=O)(=O)C(F)(F)F)CC1.I. The quantitative estimate of drug-likeness (QED) is 0.296. The molecule has 0 aliphatic carbocycles. The van der Waals surface area contributed by atoms with Gasteiger partial charge < -0.3 is 10.6 Å². The highest BCUT2D eigenvalue weighted by molar-refractivity contribution is 14.0. The molecule has 0 saturated carbocycles. The molecule has 1 saturated heterocycles. The lowest BCUT2D eigenvalue weighted by atomic mass is 10.1. The van der Waals surface area contributed by atoms with Crippen LogP contribution in [0.3, 0.4) is 0 Å². The van der Waals surface area contributed by atoms with Crippen LogP contribution in [0.25, 0.3) is 0 Å². The first-order valence-corrected chi connectivity index (χ1v) is 11.3. The predicted molar refractivity (Wildman–Crippen MR) is 127 cm³/mol. The van der Waals surface area contributed by atoms with Crippen LogP contribution in [0.1, 0.15) is 25.3 Å². The Bertz CT molecular complexity index is 801. The van der Waals surface area contributed by atoms with E-state index in [4.69, 9.17) is 0 Å². The number of benzene rings is 1. The zero-order chi connectivity index (χ0) is 22.4. The monoisotopic (exact) mass is 577 g/mol. The van der Waals surface area contributed by atoms with E-state index in [1.54, 1.807) is 7.05 Å². The highest BCUT2D eigenvalue weighted by Gasteiger charge is 2.50. The molecule has 1 aromatic carbocycles. The van der Waals surface area contributed by atoms with Gasteiger partial charge in [0.05, 0.1) is 0 Å². The first kappa shape index (κ1) is 27.9. The van der Waals surface area contributed by atoms with E-state index in [1.165, 1.54) is 5.56 Å². The van der Waals surface area contributed by atoms with Crippen molar-refractivity contribution in [3.63, 3.8) is 0 Å². The summed E-state index contributed by atoms with van der Waals surface area (Å²) in [6.07, 6.45) is 0.555. The zero-order valence-corrected chi connectivity index (χ0v) is 21.0. The molecular formula is C19H31F3IN5O2S. The number of hydrogen-bond acceptors (Lipinski definition) is 4. The minimum Gasteiger partial charge on any atom is -0.355 e. The van der Waals surface area contributed by atoms with E-state index in [9.17, 15) is 21.6 Å². The number of aliphatic imine (C=N–C) groups is 1. The van der Waals surface area contributed by atoms with Crippen molar-refractivity contribution in [2.45, 2.75) is 43.9 Å². The van der Waals surface area contributed by atoms with Crippen molar-refractivity contribution in [1.82, 2.24) is 19.8 Å². The van der Waals surface area contributed by atoms with Gasteiger partial charge in [0.25, 0.3) is 0 Å². The van der Waals surface area contributed by atoms with E-state index in [-0.39, 0.29) is 62.0 Å². The molecule has 0 bridgehead atoms. The molecule has 12 heteroatoms. The molecule has 1 unspecified atom stereocenters. The van der Waals surface area contributed by atoms with Gasteiger partial charge in [0.2, 0.25) is 0 Å². The van der Waals surface area contributed by atoms with E-state index < -0.39 is 15.5 Å². The summed E-state index contributed by atoms with van der Waals surface area (Å²) in [6, 6.07) is 10.2. The van der Waals surface area contributed by atoms with Crippen molar-refractivity contribution in [1.29, 1.82) is 0 Å². The third-order valence-electron chi connectivity index (χ3n) is 5.24. The average molecular weight is 577 g/mol. The number of likely N-dealkylation sites (N-methyl/N-ethyl adjacent to an activating group) is 1. The van der Waals surface area contributed by atoms with Gasteiger partial charge in [-0.1, -0.05) is 30.3 Å². The van der Waals surface area contributed by atoms with Gasteiger partial charge in [-0.05, 0) is 32.4 Å². The topological polar surface area (TPSA) is 77.0 Å². The number of nitrogens with one attached hydrogen (secondary N) is 2. The third-order valence-corrected chi connectivity index (χ3v) is 6.87. The molecule has 1 heterocycles. The molecule has 0 radical (unpaired) electrons. The third kappa shape index (κ3) is 8.06. The Hall–Kier alpha value is -1.12. The lowest BCUT2D eigenvalue weighted by Crippen LogP contribution is -2.52. The Balaban J connectivity index is 0.00000480. The fourth-order valence-electron chi connectivity index (χ4n) is 3.20. The summed E-state index contributed by atoms with van der Waals surface area (Å²) in [5.74, 6) is 0.548. The molecule has 2 N–H and O–H groups in total. The average Bonchev–Trinajstić information content (AvgIpc) is 2.71. The summed E-state index contributed by atoms with van der Waals surface area (Å²) < 4.78 is 61.6. The van der Waals surface area contributed by atoms with Gasteiger partial charge in [0, 0.05) is 45.3 Å². The smallest absolute Gasteiger partial charge is 0.355 e. The van der Waals surface area contributed by atoms with Crippen molar-refractivity contribution in [2.75, 3.05) is 33.7 Å². The number of piperidine rings is 1. The van der Waals surface area contributed by atoms with Crippen molar-refractivity contribution >= 4 is 40.0 Å². The number of guanidine groups is 1. The maximum Gasteiger partial charge on any atom is 0.511 e. The molecule has 0 spiro atoms. The van der Waals surface area contributed by atoms with Crippen LogP contribution in [0.15, 0.2) is 35.3 Å². The van der Waals surface area contributed by atoms with Crippen LogP contribution in [-0.2, 0) is 16.6 Å². The molecule has 178 valence electrons. The molecule has 0 amide bonds. The lowest BCUT2D eigenvalue weighted by Gasteiger charge is -2.33. The Morgan fingerprint density at radius 2 is 1.84 bits per heavy atom. The van der Waals surface area contributed by atoms with E-state index in [0.29, 0.717) is 16.8 Å². The minimum absolute atomic E-state index is 0. The maximum atomic E-state index is 12.7. The number of rotatable bonds is 7. The van der Waals surface area contributed by atoms with Gasteiger partial charge in [-0.3, -0.25) is 9.89 Å². The Labute approximate surface area is 199 Å². The van der Waals surface area contributed by atoms with Crippen molar-refractivity contribution in [2.24, 2.45) is 4.99 Å². The predicted octanol–water partition coefficient (Wildman–Crippen LogP) is 2.60. The van der Waals surface area contributed by atoms with Crippen LogP contribution in [0.4, 0.5) is 13.2 Å². The first-order chi connectivity index (χ1) is 14.0. The summed E-state index contributed by atoms with van der Waals surface area (Å²) in [5.41, 5.74) is -4.04. The van der Waals surface area contributed by atoms with Crippen molar-refractivity contribution in [3.05, 3.63) is 35.9 Å². The van der Waals surface area contributed by atoms with Crippen LogP contribution in [0.2, 0.25) is 0 Å². The second-order valence-corrected chi connectivity index (χ2v) is 9.40. The summed E-state index contributed by atoms with van der Waals surface area (Å²) in [7, 11) is -1.60. The highest BCUT2D eigenvalue weighted by atomic mass is 127. The van der Waals surface area contributed by atoms with E-state index in [1.807, 2.05) is 25.2 Å². The van der Waals surface area contributed by atoms with Gasteiger partial charge in [-0.15, -0.1) is 24.0 Å². The summed E-state index contributed by atoms with van der Waals surface area (Å²) in [6.45, 7) is 3.18. The maximum absolute atomic E-state index is 12.7. The van der Waals surface area contributed by atoms with Gasteiger partial charge in [-0.25, -0.2) is 8.42 Å². The molecule has 1 aromatic rings. The van der Waals surface area contributed by atoms with Crippen LogP contribution in [-0.4, -0.2) is 74.9 Å². The Morgan fingerprint density at radius 3 is 2.35 bits per heavy atom. The standard InChI is InChI=1S/C19H30F3N5O2S.HI/c1-15(26(3)14-16-7-5-4-6-8-16)13-24-18(23-2)25-17-9-11-27(12-10-17)30(28,29)19(20,21)22;/h4-8,15,17H,9-14H2,1-3H3,(H2,23,24,25);1H. The summed E-state index contributed by atoms with van der Waals surface area (Å²) >= 11 is 0. The number of nitrogens with zero attached hydrogens (tertiary/aromatic N) is 3. The second kappa shape index (κ2) is 12.2. The minimum atomic E-state index is -5.26. The summed E-state index contributed by atoms with van der Waals surface area (Å²) in [5, 5.41) is 6.41. The van der Waals surface area contributed by atoms with Crippen molar-refractivity contribution in [3.8, 4) is 0 Å². The second-order valence-electron chi connectivity index (χ2n) is 7.47. The largest absolute Gasteiger partial charge is 0.511 e. The van der Waals surface area contributed by atoms with Gasteiger partial charge in [-0.2, -0.15) is 17.5 Å². The molecule has 2 rings (SSSR count). The lowest BCUT2D eigenvalue weighted by molar-refractivity contribution is -0.0494. The highest BCUT2D eigenvalue weighted by Crippen LogP contribution is 2.28. The number of sulfonamides is 1. The molecule has 0 aromatic heterocycles. The molecule has 1 atom stereocenters. The van der Waals surface area contributed by atoms with Gasteiger partial charge >= 0.3 is 15.5 Å². The van der Waals surface area contributed by atoms with Crippen LogP contribution in [0, 0.1) is 0 Å². The Morgan fingerprint density at radius 1 is 1.26 bits per heavy atom. The fourth-order valence-corrected chi connectivity index (χ4v) is 4.19. The first-order valence-electron chi connectivity index (χ1n) is 9.82. The number of hydrogen-bond donors (Lipinski definition) is 2. The Kier molecular flexibility index (Phi) is 11.0. The van der Waals surface area contributed by atoms with Crippen molar-refractivity contribution < 1.29 is 21.6 Å². The van der Waals surface area contributed by atoms with Crippen LogP contribution in [0.5, 0.6) is 0 Å². The van der Waals surface area contributed by atoms with Crippen LogP contribution >= 0.6 is 24.0 Å². The molecule has 1 fully saturated rings. The van der Waals surface area contributed by atoms with E-state index in [2.05, 4.69) is 39.6 Å². The molecular weight excluding hydrogens is 546 g/mol. The van der Waals surface area contributed by atoms with Crippen LogP contribution < -0.4 is 10.6 Å². The van der Waals surface area contributed by atoms with E-state index >= 15 is 0 Å². The number of alkyl halides is 3. The summed E-state index contributed by atoms with van der Waals surface area (Å²) in [4.78, 5) is 6.37. The molecule has 1 aliphatic heterocycles. The van der Waals surface area contributed by atoms with Gasteiger partial charge in [0.1, 0.15) is 0 Å². The van der Waals surface area contributed by atoms with E-state index in [0.717, 1.165) is 6.54 Å². The molecule has 1 aliphatic rings. The molecule has 7 nitrogen and oxygen atoms in total. The normalized spacial score (nSPS) is 17.8.